The largest absolute Gasteiger partial charge is 0.341 e. The number of aromatic nitrogens is 1. The summed E-state index contributed by atoms with van der Waals surface area (Å²) in [5.74, 6) is 0.118. The minimum Gasteiger partial charge on any atom is -0.341 e. The molecule has 0 spiro atoms. The number of carbonyl (C=O) groups is 1. The SMILES string of the molecule is N#Cc1cccn1CC(=O)N1CCCCC1. The molecular weight excluding hydrogens is 202 g/mol. The molecule has 0 aliphatic carbocycles. The molecule has 0 radical (unpaired) electrons. The summed E-state index contributed by atoms with van der Waals surface area (Å²) in [6, 6.07) is 5.60. The van der Waals surface area contributed by atoms with Crippen LogP contribution in [0, 0.1) is 11.3 Å². The Morgan fingerprint density at radius 1 is 1.38 bits per heavy atom. The second kappa shape index (κ2) is 4.84. The summed E-state index contributed by atoms with van der Waals surface area (Å²) >= 11 is 0. The fourth-order valence-electron chi connectivity index (χ4n) is 2.04. The molecule has 0 bridgehead atoms. The molecule has 1 aliphatic rings. The number of nitrogens with zero attached hydrogens (tertiary/aromatic N) is 3. The van der Waals surface area contributed by atoms with E-state index in [0.29, 0.717) is 5.69 Å². The van der Waals surface area contributed by atoms with E-state index in [1.54, 1.807) is 22.9 Å². The molecule has 0 unspecified atom stereocenters. The summed E-state index contributed by atoms with van der Waals surface area (Å²) in [5.41, 5.74) is 0.547. The van der Waals surface area contributed by atoms with Gasteiger partial charge in [0.25, 0.3) is 0 Å². The molecule has 2 rings (SSSR count). The van der Waals surface area contributed by atoms with E-state index in [2.05, 4.69) is 6.07 Å². The van der Waals surface area contributed by atoms with Crippen LogP contribution < -0.4 is 0 Å². The Hall–Kier alpha value is -1.76. The van der Waals surface area contributed by atoms with Crippen molar-refractivity contribution in [2.24, 2.45) is 0 Å². The number of hydrogen-bond donors (Lipinski definition) is 0. The highest BCUT2D eigenvalue weighted by Crippen LogP contribution is 2.10. The van der Waals surface area contributed by atoms with Crippen molar-refractivity contribution in [3.63, 3.8) is 0 Å². The Bertz CT molecular complexity index is 410. The molecule has 4 nitrogen and oxygen atoms in total. The molecule has 1 fully saturated rings. The average molecular weight is 217 g/mol. The van der Waals surface area contributed by atoms with Crippen molar-refractivity contribution in [3.8, 4) is 6.07 Å². The van der Waals surface area contributed by atoms with E-state index in [1.807, 2.05) is 4.90 Å². The van der Waals surface area contributed by atoms with E-state index in [-0.39, 0.29) is 12.5 Å². The van der Waals surface area contributed by atoms with Crippen molar-refractivity contribution >= 4 is 5.91 Å². The predicted molar refractivity (Wildman–Crippen MR) is 59.6 cm³/mol. The molecule has 0 atom stereocenters. The molecule has 84 valence electrons. The van der Waals surface area contributed by atoms with Gasteiger partial charge in [0, 0.05) is 19.3 Å². The molecular formula is C12H15N3O. The number of amides is 1. The molecule has 0 saturated carbocycles. The van der Waals surface area contributed by atoms with Crippen LogP contribution in [0.25, 0.3) is 0 Å². The van der Waals surface area contributed by atoms with Crippen LogP contribution in [0.5, 0.6) is 0 Å². The minimum absolute atomic E-state index is 0.118. The highest BCUT2D eigenvalue weighted by atomic mass is 16.2. The summed E-state index contributed by atoms with van der Waals surface area (Å²) in [6.07, 6.45) is 5.20. The molecule has 1 saturated heterocycles. The fourth-order valence-corrected chi connectivity index (χ4v) is 2.04. The van der Waals surface area contributed by atoms with E-state index >= 15 is 0 Å². The first-order valence-electron chi connectivity index (χ1n) is 5.64. The van der Waals surface area contributed by atoms with Gasteiger partial charge in [-0.2, -0.15) is 5.26 Å². The van der Waals surface area contributed by atoms with E-state index in [9.17, 15) is 4.79 Å². The van der Waals surface area contributed by atoms with Gasteiger partial charge in [-0.25, -0.2) is 0 Å². The standard InChI is InChI=1S/C12H15N3O/c13-9-11-5-4-8-15(11)10-12(16)14-6-2-1-3-7-14/h4-5,8H,1-3,6-7,10H2. The Balaban J connectivity index is 1.99. The maximum absolute atomic E-state index is 11.9. The molecule has 0 N–H and O–H groups in total. The lowest BCUT2D eigenvalue weighted by Gasteiger charge is -2.26. The smallest absolute Gasteiger partial charge is 0.242 e. The summed E-state index contributed by atoms with van der Waals surface area (Å²) in [5, 5.41) is 8.83. The molecule has 2 heterocycles. The van der Waals surface area contributed by atoms with Crippen LogP contribution in [-0.4, -0.2) is 28.5 Å². The maximum atomic E-state index is 11.9. The van der Waals surface area contributed by atoms with Gasteiger partial charge in [0.1, 0.15) is 18.3 Å². The van der Waals surface area contributed by atoms with Crippen molar-refractivity contribution in [1.82, 2.24) is 9.47 Å². The van der Waals surface area contributed by atoms with Crippen LogP contribution in [0.1, 0.15) is 25.0 Å². The van der Waals surface area contributed by atoms with Crippen molar-refractivity contribution in [2.75, 3.05) is 13.1 Å². The van der Waals surface area contributed by atoms with Crippen LogP contribution in [0.3, 0.4) is 0 Å². The van der Waals surface area contributed by atoms with Gasteiger partial charge < -0.3 is 9.47 Å². The normalized spacial score (nSPS) is 15.8. The van der Waals surface area contributed by atoms with Gasteiger partial charge in [-0.3, -0.25) is 4.79 Å². The lowest BCUT2D eigenvalue weighted by Crippen LogP contribution is -2.37. The Morgan fingerprint density at radius 3 is 2.81 bits per heavy atom. The van der Waals surface area contributed by atoms with E-state index < -0.39 is 0 Å². The van der Waals surface area contributed by atoms with E-state index in [1.165, 1.54) is 6.42 Å². The minimum atomic E-state index is 0.118. The highest BCUT2D eigenvalue weighted by molar-refractivity contribution is 5.76. The Labute approximate surface area is 95.1 Å². The first-order valence-corrected chi connectivity index (χ1v) is 5.64. The van der Waals surface area contributed by atoms with Gasteiger partial charge in [0.15, 0.2) is 0 Å². The van der Waals surface area contributed by atoms with Crippen LogP contribution in [-0.2, 0) is 11.3 Å². The predicted octanol–water partition coefficient (Wildman–Crippen LogP) is 1.37. The zero-order valence-electron chi connectivity index (χ0n) is 9.22. The maximum Gasteiger partial charge on any atom is 0.242 e. The highest BCUT2D eigenvalue weighted by Gasteiger charge is 2.17. The molecule has 4 heteroatoms. The number of likely N-dealkylation sites (tertiary alicyclic amines) is 1. The average Bonchev–Trinajstić information content (AvgIpc) is 2.77. The third-order valence-electron chi connectivity index (χ3n) is 2.96. The Morgan fingerprint density at radius 2 is 2.12 bits per heavy atom. The van der Waals surface area contributed by atoms with Crippen molar-refractivity contribution < 1.29 is 4.79 Å². The molecule has 1 aromatic heterocycles. The molecule has 16 heavy (non-hydrogen) atoms. The van der Waals surface area contributed by atoms with Gasteiger partial charge in [-0.15, -0.1) is 0 Å². The third kappa shape index (κ3) is 2.25. The van der Waals surface area contributed by atoms with E-state index in [4.69, 9.17) is 5.26 Å². The Kier molecular flexibility index (Phi) is 3.25. The molecule has 0 aromatic carbocycles. The summed E-state index contributed by atoms with van der Waals surface area (Å²) < 4.78 is 1.71. The van der Waals surface area contributed by atoms with Crippen molar-refractivity contribution in [1.29, 1.82) is 5.26 Å². The van der Waals surface area contributed by atoms with Crippen molar-refractivity contribution in [3.05, 3.63) is 24.0 Å². The summed E-state index contributed by atoms with van der Waals surface area (Å²) in [6.45, 7) is 2.01. The first kappa shape index (κ1) is 10.7. The van der Waals surface area contributed by atoms with Crippen LogP contribution in [0.15, 0.2) is 18.3 Å². The zero-order chi connectivity index (χ0) is 11.4. The van der Waals surface area contributed by atoms with Crippen molar-refractivity contribution in [2.45, 2.75) is 25.8 Å². The van der Waals surface area contributed by atoms with Crippen LogP contribution in [0.2, 0.25) is 0 Å². The van der Waals surface area contributed by atoms with E-state index in [0.717, 1.165) is 25.9 Å². The topological polar surface area (TPSA) is 49.0 Å². The van der Waals surface area contributed by atoms with Gasteiger partial charge >= 0.3 is 0 Å². The molecule has 1 aromatic rings. The van der Waals surface area contributed by atoms with Gasteiger partial charge in [-0.05, 0) is 31.4 Å². The summed E-state index contributed by atoms with van der Waals surface area (Å²) in [7, 11) is 0. The molecule has 1 aliphatic heterocycles. The first-order chi connectivity index (χ1) is 7.81. The lowest BCUT2D eigenvalue weighted by atomic mass is 10.1. The van der Waals surface area contributed by atoms with Crippen LogP contribution >= 0.6 is 0 Å². The second-order valence-electron chi connectivity index (χ2n) is 4.07. The zero-order valence-corrected chi connectivity index (χ0v) is 9.22. The number of nitriles is 1. The quantitative estimate of drug-likeness (QED) is 0.751. The number of hydrogen-bond acceptors (Lipinski definition) is 2. The van der Waals surface area contributed by atoms with Gasteiger partial charge in [0.2, 0.25) is 5.91 Å². The lowest BCUT2D eigenvalue weighted by molar-refractivity contribution is -0.132. The monoisotopic (exact) mass is 217 g/mol. The molecule has 1 amide bonds. The van der Waals surface area contributed by atoms with Gasteiger partial charge in [0.05, 0.1) is 0 Å². The number of piperidine rings is 1. The van der Waals surface area contributed by atoms with Crippen LogP contribution in [0.4, 0.5) is 0 Å². The summed E-state index contributed by atoms with van der Waals surface area (Å²) in [4.78, 5) is 13.8. The van der Waals surface area contributed by atoms with Gasteiger partial charge in [-0.1, -0.05) is 0 Å². The number of rotatable bonds is 2. The third-order valence-corrected chi connectivity index (χ3v) is 2.96. The second-order valence-corrected chi connectivity index (χ2v) is 4.07. The number of carbonyl (C=O) groups excluding carboxylic acids is 1. The fraction of sp³-hybridized carbons (Fsp3) is 0.500.